The third-order valence-corrected chi connectivity index (χ3v) is 6.95. The number of rotatable bonds is 4. The van der Waals surface area contributed by atoms with Gasteiger partial charge in [-0.05, 0) is 29.8 Å². The second-order valence-electron chi connectivity index (χ2n) is 5.85. The topological polar surface area (TPSA) is 40.6 Å². The van der Waals surface area contributed by atoms with Crippen LogP contribution >= 0.6 is 23.2 Å². The van der Waals surface area contributed by atoms with Crippen molar-refractivity contribution in [3.63, 3.8) is 0 Å². The highest BCUT2D eigenvalue weighted by Gasteiger charge is 2.30. The van der Waals surface area contributed by atoms with Gasteiger partial charge >= 0.3 is 0 Å². The van der Waals surface area contributed by atoms with Gasteiger partial charge < -0.3 is 0 Å². The highest BCUT2D eigenvalue weighted by atomic mass is 35.5. The van der Waals surface area contributed by atoms with Crippen molar-refractivity contribution in [2.24, 2.45) is 0 Å². The van der Waals surface area contributed by atoms with Crippen molar-refractivity contribution in [2.75, 3.05) is 26.2 Å². The van der Waals surface area contributed by atoms with E-state index < -0.39 is 10.0 Å². The summed E-state index contributed by atoms with van der Waals surface area (Å²) in [5.41, 5.74) is 0.825. The van der Waals surface area contributed by atoms with Crippen molar-refractivity contribution in [3.05, 3.63) is 63.9 Å². The molecule has 0 saturated carbocycles. The summed E-state index contributed by atoms with van der Waals surface area (Å²) >= 11 is 12.1. The van der Waals surface area contributed by atoms with Crippen LogP contribution in [0.2, 0.25) is 10.0 Å². The Morgan fingerprint density at radius 1 is 0.960 bits per heavy atom. The molecule has 0 spiro atoms. The summed E-state index contributed by atoms with van der Waals surface area (Å²) in [6.45, 7) is 2.42. The van der Waals surface area contributed by atoms with E-state index >= 15 is 0 Å². The van der Waals surface area contributed by atoms with E-state index in [1.807, 2.05) is 0 Å². The van der Waals surface area contributed by atoms with E-state index in [-0.39, 0.29) is 15.7 Å². The highest BCUT2D eigenvalue weighted by Crippen LogP contribution is 2.26. The van der Waals surface area contributed by atoms with E-state index in [1.54, 1.807) is 24.3 Å². The van der Waals surface area contributed by atoms with Gasteiger partial charge in [-0.3, -0.25) is 4.90 Å². The minimum atomic E-state index is -3.60. The molecule has 3 rings (SSSR count). The molecule has 4 nitrogen and oxygen atoms in total. The Kier molecular flexibility index (Phi) is 5.65. The Labute approximate surface area is 156 Å². The predicted octanol–water partition coefficient (Wildman–Crippen LogP) is 3.64. The lowest BCUT2D eigenvalue weighted by molar-refractivity contribution is 0.181. The Balaban J connectivity index is 1.66. The lowest BCUT2D eigenvalue weighted by Crippen LogP contribution is -2.48. The Morgan fingerprint density at radius 2 is 1.64 bits per heavy atom. The Hall–Kier alpha value is -1.18. The number of hydrogen-bond donors (Lipinski definition) is 0. The minimum absolute atomic E-state index is 0.131. The monoisotopic (exact) mass is 402 g/mol. The van der Waals surface area contributed by atoms with Crippen molar-refractivity contribution >= 4 is 33.2 Å². The molecule has 0 unspecified atom stereocenters. The van der Waals surface area contributed by atoms with E-state index in [1.165, 1.54) is 22.5 Å². The molecule has 0 amide bonds. The van der Waals surface area contributed by atoms with Crippen LogP contribution in [0.25, 0.3) is 0 Å². The molecule has 0 radical (unpaired) electrons. The third kappa shape index (κ3) is 4.15. The van der Waals surface area contributed by atoms with Gasteiger partial charge in [-0.25, -0.2) is 12.8 Å². The van der Waals surface area contributed by atoms with E-state index in [2.05, 4.69) is 4.90 Å². The van der Waals surface area contributed by atoms with Crippen molar-refractivity contribution in [3.8, 4) is 0 Å². The summed E-state index contributed by atoms with van der Waals surface area (Å²) < 4.78 is 40.0. The number of benzene rings is 2. The average molecular weight is 403 g/mol. The molecule has 0 aromatic heterocycles. The maximum Gasteiger partial charge on any atom is 0.244 e. The number of halogens is 3. The molecule has 0 atom stereocenters. The van der Waals surface area contributed by atoms with Crippen LogP contribution in [0.5, 0.6) is 0 Å². The fourth-order valence-corrected chi connectivity index (χ4v) is 4.95. The van der Waals surface area contributed by atoms with Crippen LogP contribution in [-0.4, -0.2) is 43.8 Å². The quantitative estimate of drug-likeness (QED) is 0.783. The Bertz CT molecular complexity index is 869. The predicted molar refractivity (Wildman–Crippen MR) is 96.9 cm³/mol. The molecular weight excluding hydrogens is 386 g/mol. The van der Waals surface area contributed by atoms with Crippen LogP contribution < -0.4 is 0 Å². The number of piperazine rings is 1. The maximum absolute atomic E-state index is 13.1. The second-order valence-corrected chi connectivity index (χ2v) is 8.57. The van der Waals surface area contributed by atoms with Gasteiger partial charge in [0.2, 0.25) is 10.0 Å². The van der Waals surface area contributed by atoms with Crippen LogP contribution in [0.4, 0.5) is 4.39 Å². The molecule has 1 saturated heterocycles. The largest absolute Gasteiger partial charge is 0.296 e. The summed E-state index contributed by atoms with van der Waals surface area (Å²) in [5, 5.41) is 0.606. The average Bonchev–Trinajstić information content (AvgIpc) is 2.58. The molecule has 1 heterocycles. The first-order valence-electron chi connectivity index (χ1n) is 7.79. The molecule has 2 aromatic rings. The molecule has 0 N–H and O–H groups in total. The summed E-state index contributed by atoms with van der Waals surface area (Å²) in [7, 11) is -3.60. The van der Waals surface area contributed by atoms with Crippen LogP contribution in [0.15, 0.2) is 47.4 Å². The van der Waals surface area contributed by atoms with Crippen LogP contribution in [0, 0.1) is 5.82 Å². The first-order valence-corrected chi connectivity index (χ1v) is 9.98. The van der Waals surface area contributed by atoms with Gasteiger partial charge in [0.25, 0.3) is 0 Å². The first-order chi connectivity index (χ1) is 11.9. The zero-order chi connectivity index (χ0) is 18.0. The molecule has 1 aliphatic heterocycles. The molecule has 0 aliphatic carbocycles. The van der Waals surface area contributed by atoms with Crippen molar-refractivity contribution in [1.82, 2.24) is 9.21 Å². The fourth-order valence-electron chi connectivity index (χ4n) is 2.81. The van der Waals surface area contributed by atoms with Crippen LogP contribution in [-0.2, 0) is 16.6 Å². The van der Waals surface area contributed by atoms with E-state index in [0.717, 1.165) is 5.56 Å². The van der Waals surface area contributed by atoms with Gasteiger partial charge in [0.15, 0.2) is 0 Å². The second kappa shape index (κ2) is 7.60. The smallest absolute Gasteiger partial charge is 0.244 e. The summed E-state index contributed by atoms with van der Waals surface area (Å²) in [4.78, 5) is 2.23. The third-order valence-electron chi connectivity index (χ3n) is 4.19. The van der Waals surface area contributed by atoms with Crippen LogP contribution in [0.1, 0.15) is 5.56 Å². The Morgan fingerprint density at radius 3 is 2.28 bits per heavy atom. The molecule has 0 bridgehead atoms. The van der Waals surface area contributed by atoms with E-state index in [4.69, 9.17) is 23.2 Å². The van der Waals surface area contributed by atoms with E-state index in [0.29, 0.717) is 37.7 Å². The first kappa shape index (κ1) is 18.6. The highest BCUT2D eigenvalue weighted by molar-refractivity contribution is 7.89. The normalized spacial score (nSPS) is 16.9. The fraction of sp³-hybridized carbons (Fsp3) is 0.294. The summed E-state index contributed by atoms with van der Waals surface area (Å²) in [5.74, 6) is -0.371. The van der Waals surface area contributed by atoms with Crippen LogP contribution in [0.3, 0.4) is 0 Å². The zero-order valence-electron chi connectivity index (χ0n) is 13.3. The summed E-state index contributed by atoms with van der Waals surface area (Å²) in [6.07, 6.45) is 0. The molecule has 1 aliphatic rings. The SMILES string of the molecule is O=S(=O)(c1ccccc1Cl)N1CCN(Cc2ccc(F)cc2Cl)CC1. The maximum atomic E-state index is 13.1. The van der Waals surface area contributed by atoms with E-state index in [9.17, 15) is 12.8 Å². The number of nitrogens with zero attached hydrogens (tertiary/aromatic N) is 2. The summed E-state index contributed by atoms with van der Waals surface area (Å²) in [6, 6.07) is 10.8. The lowest BCUT2D eigenvalue weighted by Gasteiger charge is -2.34. The van der Waals surface area contributed by atoms with Gasteiger partial charge in [0.05, 0.1) is 5.02 Å². The van der Waals surface area contributed by atoms with Crippen molar-refractivity contribution in [1.29, 1.82) is 0 Å². The van der Waals surface area contributed by atoms with Crippen molar-refractivity contribution < 1.29 is 12.8 Å². The minimum Gasteiger partial charge on any atom is -0.296 e. The van der Waals surface area contributed by atoms with Gasteiger partial charge in [0, 0.05) is 37.7 Å². The molecule has 134 valence electrons. The number of hydrogen-bond acceptors (Lipinski definition) is 3. The van der Waals surface area contributed by atoms with Gasteiger partial charge in [-0.15, -0.1) is 0 Å². The lowest BCUT2D eigenvalue weighted by atomic mass is 10.2. The molecule has 25 heavy (non-hydrogen) atoms. The van der Waals surface area contributed by atoms with Gasteiger partial charge in [-0.2, -0.15) is 4.31 Å². The molecule has 1 fully saturated rings. The molecular formula is C17H17Cl2FN2O2S. The molecule has 8 heteroatoms. The molecule has 2 aromatic carbocycles. The number of sulfonamides is 1. The van der Waals surface area contributed by atoms with Gasteiger partial charge in [-0.1, -0.05) is 41.4 Å². The van der Waals surface area contributed by atoms with Crippen molar-refractivity contribution in [2.45, 2.75) is 11.4 Å². The van der Waals surface area contributed by atoms with Gasteiger partial charge in [0.1, 0.15) is 10.7 Å². The zero-order valence-corrected chi connectivity index (χ0v) is 15.7. The standard InChI is InChI=1S/C17H17Cl2FN2O2S/c18-15-3-1-2-4-17(15)25(23,24)22-9-7-21(8-10-22)12-13-5-6-14(20)11-16(13)19/h1-6,11H,7-10,12H2.